The molecular formula is C13H12Br2OS. The summed E-state index contributed by atoms with van der Waals surface area (Å²) in [6.45, 7) is 2.12. The van der Waals surface area contributed by atoms with E-state index in [4.69, 9.17) is 4.74 Å². The van der Waals surface area contributed by atoms with Crippen molar-refractivity contribution in [1.29, 1.82) is 0 Å². The highest BCUT2D eigenvalue weighted by Crippen LogP contribution is 2.41. The average Bonchev–Trinajstić information content (AvgIpc) is 2.67. The van der Waals surface area contributed by atoms with E-state index in [-0.39, 0.29) is 4.83 Å². The van der Waals surface area contributed by atoms with Gasteiger partial charge in [-0.1, -0.05) is 28.1 Å². The number of hydrogen-bond donors (Lipinski definition) is 0. The van der Waals surface area contributed by atoms with Crippen molar-refractivity contribution in [1.82, 2.24) is 0 Å². The molecule has 0 aliphatic heterocycles. The van der Waals surface area contributed by atoms with Crippen molar-refractivity contribution in [2.24, 2.45) is 0 Å². The maximum Gasteiger partial charge on any atom is 0.119 e. The molecule has 90 valence electrons. The highest BCUT2D eigenvalue weighted by atomic mass is 79.9. The van der Waals surface area contributed by atoms with Gasteiger partial charge in [-0.15, -0.1) is 11.3 Å². The molecule has 0 fully saturated rings. The number of thiophene rings is 1. The van der Waals surface area contributed by atoms with Gasteiger partial charge >= 0.3 is 0 Å². The third-order valence-electron chi connectivity index (χ3n) is 2.45. The van der Waals surface area contributed by atoms with Crippen molar-refractivity contribution in [3.05, 3.63) is 50.1 Å². The molecule has 0 saturated heterocycles. The van der Waals surface area contributed by atoms with Crippen LogP contribution in [0.1, 0.15) is 20.1 Å². The molecule has 1 aromatic carbocycles. The highest BCUT2D eigenvalue weighted by Gasteiger charge is 2.16. The molecule has 1 atom stereocenters. The smallest absolute Gasteiger partial charge is 0.119 e. The molecule has 0 bridgehead atoms. The molecule has 2 rings (SSSR count). The fourth-order valence-corrected chi connectivity index (χ4v) is 4.63. The summed E-state index contributed by atoms with van der Waals surface area (Å²) >= 11 is 9.14. The third kappa shape index (κ3) is 2.92. The van der Waals surface area contributed by atoms with Crippen molar-refractivity contribution in [2.45, 2.75) is 11.8 Å². The van der Waals surface area contributed by atoms with Crippen LogP contribution in [-0.4, -0.2) is 7.11 Å². The third-order valence-corrected chi connectivity index (χ3v) is 5.78. The molecule has 4 heteroatoms. The van der Waals surface area contributed by atoms with Crippen molar-refractivity contribution >= 4 is 43.2 Å². The number of ether oxygens (including phenoxy) is 1. The Hall–Kier alpha value is -0.320. The van der Waals surface area contributed by atoms with Gasteiger partial charge in [0.25, 0.3) is 0 Å². The van der Waals surface area contributed by atoms with Crippen molar-refractivity contribution in [2.75, 3.05) is 7.11 Å². The molecule has 0 radical (unpaired) electrons. The number of rotatable bonds is 3. The number of benzene rings is 1. The zero-order valence-electron chi connectivity index (χ0n) is 9.54. The largest absolute Gasteiger partial charge is 0.497 e. The second kappa shape index (κ2) is 5.55. The molecule has 1 unspecified atom stereocenters. The summed E-state index contributed by atoms with van der Waals surface area (Å²) in [5, 5.41) is 0. The van der Waals surface area contributed by atoms with Gasteiger partial charge in [0, 0.05) is 14.2 Å². The summed E-state index contributed by atoms with van der Waals surface area (Å²) in [4.78, 5) is 2.79. The van der Waals surface area contributed by atoms with Crippen molar-refractivity contribution < 1.29 is 4.74 Å². The summed E-state index contributed by atoms with van der Waals surface area (Å²) in [6.07, 6.45) is 0. The van der Waals surface area contributed by atoms with Crippen molar-refractivity contribution in [3.63, 3.8) is 0 Å². The Kier molecular flexibility index (Phi) is 4.28. The van der Waals surface area contributed by atoms with Crippen LogP contribution >= 0.6 is 43.2 Å². The van der Waals surface area contributed by atoms with Gasteiger partial charge in [-0.05, 0) is 46.6 Å². The maximum absolute atomic E-state index is 5.25. The Labute approximate surface area is 122 Å². The van der Waals surface area contributed by atoms with E-state index < -0.39 is 0 Å². The zero-order chi connectivity index (χ0) is 12.4. The van der Waals surface area contributed by atoms with E-state index in [0.29, 0.717) is 0 Å². The Morgan fingerprint density at radius 2 is 2.06 bits per heavy atom. The van der Waals surface area contributed by atoms with Crippen LogP contribution in [0.25, 0.3) is 0 Å². The SMILES string of the molecule is COc1cccc(C(Br)c2sc(C)cc2Br)c1. The van der Waals surface area contributed by atoms with Crippen LogP contribution in [0.3, 0.4) is 0 Å². The fraction of sp³-hybridized carbons (Fsp3) is 0.231. The lowest BCUT2D eigenvalue weighted by Gasteiger charge is -2.10. The minimum absolute atomic E-state index is 0.200. The minimum Gasteiger partial charge on any atom is -0.497 e. The summed E-state index contributed by atoms with van der Waals surface area (Å²) in [5.74, 6) is 0.886. The standard InChI is InChI=1S/C13H12Br2OS/c1-8-6-11(14)13(17-8)12(15)9-4-3-5-10(7-9)16-2/h3-7,12H,1-2H3. The van der Waals surface area contributed by atoms with Gasteiger partial charge in [0.2, 0.25) is 0 Å². The van der Waals surface area contributed by atoms with Crippen LogP contribution < -0.4 is 4.74 Å². The minimum atomic E-state index is 0.200. The molecular weight excluding hydrogens is 364 g/mol. The molecule has 2 aromatic rings. The van der Waals surface area contributed by atoms with Gasteiger partial charge in [0.05, 0.1) is 11.9 Å². The van der Waals surface area contributed by atoms with Gasteiger partial charge < -0.3 is 4.74 Å². The maximum atomic E-state index is 5.25. The lowest BCUT2D eigenvalue weighted by atomic mass is 10.1. The Bertz CT molecular complexity index is 522. The molecule has 0 amide bonds. The van der Waals surface area contributed by atoms with Gasteiger partial charge in [0.15, 0.2) is 0 Å². The first-order valence-electron chi connectivity index (χ1n) is 5.15. The first kappa shape index (κ1) is 13.1. The number of aryl methyl sites for hydroxylation is 1. The van der Waals surface area contributed by atoms with Crippen LogP contribution in [0.15, 0.2) is 34.8 Å². The molecule has 1 heterocycles. The molecule has 0 saturated carbocycles. The number of halogens is 2. The number of alkyl halides is 1. The monoisotopic (exact) mass is 374 g/mol. The van der Waals surface area contributed by atoms with E-state index >= 15 is 0 Å². The quantitative estimate of drug-likeness (QED) is 0.660. The molecule has 17 heavy (non-hydrogen) atoms. The van der Waals surface area contributed by atoms with E-state index in [1.54, 1.807) is 18.4 Å². The van der Waals surface area contributed by atoms with Gasteiger partial charge in [0.1, 0.15) is 5.75 Å². The van der Waals surface area contributed by atoms with Crippen LogP contribution in [0.5, 0.6) is 5.75 Å². The topological polar surface area (TPSA) is 9.23 Å². The Morgan fingerprint density at radius 1 is 1.29 bits per heavy atom. The molecule has 0 aliphatic carbocycles. The normalized spacial score (nSPS) is 12.5. The molecule has 0 N–H and O–H groups in total. The Balaban J connectivity index is 2.36. The van der Waals surface area contributed by atoms with Crippen LogP contribution in [0, 0.1) is 6.92 Å². The molecule has 1 nitrogen and oxygen atoms in total. The first-order valence-corrected chi connectivity index (χ1v) is 7.68. The predicted octanol–water partition coefficient (Wildman–Crippen LogP) is 5.31. The van der Waals surface area contributed by atoms with Crippen LogP contribution in [0.4, 0.5) is 0 Å². The fourth-order valence-electron chi connectivity index (χ4n) is 1.62. The molecule has 0 aliphatic rings. The highest BCUT2D eigenvalue weighted by molar-refractivity contribution is 9.11. The van der Waals surface area contributed by atoms with E-state index in [1.165, 1.54) is 15.3 Å². The summed E-state index contributed by atoms with van der Waals surface area (Å²) in [6, 6.07) is 10.3. The summed E-state index contributed by atoms with van der Waals surface area (Å²) < 4.78 is 6.40. The summed E-state index contributed by atoms with van der Waals surface area (Å²) in [5.41, 5.74) is 1.20. The van der Waals surface area contributed by atoms with E-state index in [0.717, 1.165) is 10.2 Å². The lowest BCUT2D eigenvalue weighted by Crippen LogP contribution is -1.91. The summed E-state index contributed by atoms with van der Waals surface area (Å²) in [7, 11) is 1.69. The van der Waals surface area contributed by atoms with Crippen molar-refractivity contribution in [3.8, 4) is 5.75 Å². The average molecular weight is 376 g/mol. The second-order valence-corrected chi connectivity index (χ2v) is 6.77. The Morgan fingerprint density at radius 3 is 2.65 bits per heavy atom. The second-order valence-electron chi connectivity index (χ2n) is 3.71. The number of methoxy groups -OCH3 is 1. The van der Waals surface area contributed by atoms with Gasteiger partial charge in [-0.3, -0.25) is 0 Å². The predicted molar refractivity (Wildman–Crippen MR) is 80.5 cm³/mol. The zero-order valence-corrected chi connectivity index (χ0v) is 13.5. The first-order chi connectivity index (χ1) is 8.11. The van der Waals surface area contributed by atoms with Gasteiger partial charge in [-0.25, -0.2) is 0 Å². The molecule has 0 spiro atoms. The van der Waals surface area contributed by atoms with E-state index in [1.807, 2.05) is 12.1 Å². The lowest BCUT2D eigenvalue weighted by molar-refractivity contribution is 0.414. The molecule has 1 aromatic heterocycles. The van der Waals surface area contributed by atoms with Crippen LogP contribution in [-0.2, 0) is 0 Å². The number of hydrogen-bond acceptors (Lipinski definition) is 2. The van der Waals surface area contributed by atoms with Gasteiger partial charge in [-0.2, -0.15) is 0 Å². The van der Waals surface area contributed by atoms with E-state index in [9.17, 15) is 0 Å². The van der Waals surface area contributed by atoms with E-state index in [2.05, 4.69) is 57.0 Å². The van der Waals surface area contributed by atoms with Crippen LogP contribution in [0.2, 0.25) is 0 Å².